The topological polar surface area (TPSA) is 72.2 Å². The van der Waals surface area contributed by atoms with E-state index in [0.717, 1.165) is 0 Å². The van der Waals surface area contributed by atoms with Gasteiger partial charge in [0.2, 0.25) is 0 Å². The summed E-state index contributed by atoms with van der Waals surface area (Å²) >= 11 is 3.01. The Kier molecular flexibility index (Phi) is 4.14. The van der Waals surface area contributed by atoms with Crippen LogP contribution in [0.3, 0.4) is 0 Å². The molecule has 2 aromatic carbocycles. The van der Waals surface area contributed by atoms with Gasteiger partial charge in [0.05, 0.1) is 21.3 Å². The first-order valence-electron chi connectivity index (χ1n) is 5.65. The maximum Gasteiger partial charge on any atom is 0.256 e. The zero-order chi connectivity index (χ0) is 14.7. The van der Waals surface area contributed by atoms with E-state index in [2.05, 4.69) is 21.2 Å². The number of amides is 2. The van der Waals surface area contributed by atoms with Crippen molar-refractivity contribution in [3.63, 3.8) is 0 Å². The number of nitrogens with two attached hydrogens (primary N) is 1. The van der Waals surface area contributed by atoms with Crippen molar-refractivity contribution in [2.75, 3.05) is 5.32 Å². The number of nitrogens with one attached hydrogen (secondary N) is 1. The summed E-state index contributed by atoms with van der Waals surface area (Å²) in [6.07, 6.45) is 0. The van der Waals surface area contributed by atoms with E-state index in [1.165, 1.54) is 24.3 Å². The lowest BCUT2D eigenvalue weighted by Gasteiger charge is -2.10. The third-order valence-electron chi connectivity index (χ3n) is 2.64. The largest absolute Gasteiger partial charge is 0.366 e. The van der Waals surface area contributed by atoms with Gasteiger partial charge in [-0.1, -0.05) is 18.2 Å². The average molecular weight is 337 g/mol. The number of halogens is 2. The molecule has 0 atom stereocenters. The Labute approximate surface area is 122 Å². The first kappa shape index (κ1) is 14.2. The van der Waals surface area contributed by atoms with E-state index in [0.29, 0.717) is 0 Å². The number of hydrogen-bond acceptors (Lipinski definition) is 2. The van der Waals surface area contributed by atoms with E-state index in [9.17, 15) is 14.0 Å². The molecule has 0 radical (unpaired) electrons. The first-order valence-corrected chi connectivity index (χ1v) is 6.44. The fourth-order valence-electron chi connectivity index (χ4n) is 1.68. The highest BCUT2D eigenvalue weighted by Crippen LogP contribution is 2.22. The van der Waals surface area contributed by atoms with Crippen molar-refractivity contribution < 1.29 is 14.0 Å². The summed E-state index contributed by atoms with van der Waals surface area (Å²) in [6, 6.07) is 10.5. The first-order chi connectivity index (χ1) is 9.50. The molecule has 2 aromatic rings. The van der Waals surface area contributed by atoms with Gasteiger partial charge in [-0.05, 0) is 40.2 Å². The van der Waals surface area contributed by atoms with Crippen LogP contribution in [0.15, 0.2) is 46.9 Å². The van der Waals surface area contributed by atoms with Gasteiger partial charge in [-0.25, -0.2) is 4.39 Å². The Balaban J connectivity index is 2.33. The van der Waals surface area contributed by atoms with E-state index in [1.54, 1.807) is 18.2 Å². The van der Waals surface area contributed by atoms with Crippen molar-refractivity contribution in [1.29, 1.82) is 0 Å². The molecule has 2 amide bonds. The summed E-state index contributed by atoms with van der Waals surface area (Å²) in [5.41, 5.74) is 5.82. The highest BCUT2D eigenvalue weighted by molar-refractivity contribution is 9.10. The molecule has 0 saturated heterocycles. The molecule has 0 heterocycles. The van der Waals surface area contributed by atoms with Crippen LogP contribution >= 0.6 is 15.9 Å². The Bertz CT molecular complexity index is 689. The number of rotatable bonds is 3. The number of primary amides is 1. The van der Waals surface area contributed by atoms with Crippen molar-refractivity contribution in [2.24, 2.45) is 5.73 Å². The van der Waals surface area contributed by atoms with Crippen molar-refractivity contribution in [3.05, 3.63) is 63.9 Å². The van der Waals surface area contributed by atoms with Gasteiger partial charge >= 0.3 is 0 Å². The lowest BCUT2D eigenvalue weighted by atomic mass is 10.1. The van der Waals surface area contributed by atoms with Crippen LogP contribution in [0.25, 0.3) is 0 Å². The molecule has 0 aliphatic carbocycles. The zero-order valence-electron chi connectivity index (χ0n) is 10.2. The standard InChI is InChI=1S/C14H10BrFN2O2/c15-12-9(5-3-6-10(12)16)14(20)18-11-7-2-1-4-8(11)13(17)19/h1-7H,(H2,17,19)(H,18,20). The minimum absolute atomic E-state index is 0.0639. The molecule has 20 heavy (non-hydrogen) atoms. The second kappa shape index (κ2) is 5.83. The smallest absolute Gasteiger partial charge is 0.256 e. The van der Waals surface area contributed by atoms with Crippen molar-refractivity contribution in [1.82, 2.24) is 0 Å². The van der Waals surface area contributed by atoms with Gasteiger partial charge < -0.3 is 11.1 Å². The maximum absolute atomic E-state index is 13.4. The van der Waals surface area contributed by atoms with E-state index in [1.807, 2.05) is 0 Å². The molecule has 0 aliphatic heterocycles. The number of para-hydroxylation sites is 1. The second-order valence-electron chi connectivity index (χ2n) is 3.97. The van der Waals surface area contributed by atoms with Gasteiger partial charge in [0.25, 0.3) is 11.8 Å². The SMILES string of the molecule is NC(=O)c1ccccc1NC(=O)c1cccc(F)c1Br. The molecule has 0 fully saturated rings. The van der Waals surface area contributed by atoms with Gasteiger partial charge in [0.15, 0.2) is 0 Å². The van der Waals surface area contributed by atoms with Gasteiger partial charge in [0, 0.05) is 0 Å². The number of carbonyl (C=O) groups excluding carboxylic acids is 2. The minimum atomic E-state index is -0.654. The number of carbonyl (C=O) groups is 2. The maximum atomic E-state index is 13.4. The fourth-order valence-corrected chi connectivity index (χ4v) is 2.12. The molecule has 4 nitrogen and oxygen atoms in total. The second-order valence-corrected chi connectivity index (χ2v) is 4.76. The van der Waals surface area contributed by atoms with Gasteiger partial charge in [-0.3, -0.25) is 9.59 Å². The molecule has 0 unspecified atom stereocenters. The molecular formula is C14H10BrFN2O2. The van der Waals surface area contributed by atoms with Crippen LogP contribution in [-0.4, -0.2) is 11.8 Å². The summed E-state index contributed by atoms with van der Waals surface area (Å²) in [4.78, 5) is 23.4. The predicted octanol–water partition coefficient (Wildman–Crippen LogP) is 2.94. The highest BCUT2D eigenvalue weighted by atomic mass is 79.9. The molecule has 0 saturated carbocycles. The van der Waals surface area contributed by atoms with Crippen LogP contribution in [0.4, 0.5) is 10.1 Å². The van der Waals surface area contributed by atoms with E-state index >= 15 is 0 Å². The monoisotopic (exact) mass is 336 g/mol. The van der Waals surface area contributed by atoms with Crippen LogP contribution in [0.5, 0.6) is 0 Å². The number of anilines is 1. The molecule has 2 rings (SSSR count). The van der Waals surface area contributed by atoms with Gasteiger partial charge in [-0.15, -0.1) is 0 Å². The summed E-state index contributed by atoms with van der Waals surface area (Å²) in [7, 11) is 0. The normalized spacial score (nSPS) is 10.1. The predicted molar refractivity (Wildman–Crippen MR) is 77.0 cm³/mol. The molecular weight excluding hydrogens is 327 g/mol. The lowest BCUT2D eigenvalue weighted by Crippen LogP contribution is -2.18. The molecule has 6 heteroatoms. The van der Waals surface area contributed by atoms with Crippen molar-refractivity contribution in [3.8, 4) is 0 Å². The van der Waals surface area contributed by atoms with E-state index in [4.69, 9.17) is 5.73 Å². The third kappa shape index (κ3) is 2.85. The van der Waals surface area contributed by atoms with Gasteiger partial charge in [0.1, 0.15) is 5.82 Å². The van der Waals surface area contributed by atoms with Crippen LogP contribution < -0.4 is 11.1 Å². The number of hydrogen-bond donors (Lipinski definition) is 2. The Morgan fingerprint density at radius 1 is 1.05 bits per heavy atom. The molecule has 0 aromatic heterocycles. The Hall–Kier alpha value is -2.21. The van der Waals surface area contributed by atoms with Crippen LogP contribution in [0.1, 0.15) is 20.7 Å². The summed E-state index contributed by atoms with van der Waals surface area (Å²) in [5, 5.41) is 2.54. The van der Waals surface area contributed by atoms with Crippen LogP contribution in [0.2, 0.25) is 0 Å². The van der Waals surface area contributed by atoms with Crippen molar-refractivity contribution in [2.45, 2.75) is 0 Å². The zero-order valence-corrected chi connectivity index (χ0v) is 11.8. The van der Waals surface area contributed by atoms with E-state index in [-0.39, 0.29) is 21.3 Å². The summed E-state index contributed by atoms with van der Waals surface area (Å²) < 4.78 is 13.4. The average Bonchev–Trinajstić information content (AvgIpc) is 2.42. The quantitative estimate of drug-likeness (QED) is 0.904. The minimum Gasteiger partial charge on any atom is -0.366 e. The summed E-state index contributed by atoms with van der Waals surface area (Å²) in [6.45, 7) is 0. The van der Waals surface area contributed by atoms with Gasteiger partial charge in [-0.2, -0.15) is 0 Å². The molecule has 0 aliphatic rings. The fraction of sp³-hybridized carbons (Fsp3) is 0. The highest BCUT2D eigenvalue weighted by Gasteiger charge is 2.15. The third-order valence-corrected chi connectivity index (χ3v) is 3.44. The van der Waals surface area contributed by atoms with Crippen molar-refractivity contribution >= 4 is 33.4 Å². The Morgan fingerprint density at radius 3 is 2.40 bits per heavy atom. The summed E-state index contributed by atoms with van der Waals surface area (Å²) in [5.74, 6) is -1.73. The van der Waals surface area contributed by atoms with Crippen LogP contribution in [-0.2, 0) is 0 Å². The number of benzene rings is 2. The van der Waals surface area contributed by atoms with Crippen LogP contribution in [0, 0.1) is 5.82 Å². The molecule has 0 spiro atoms. The molecule has 102 valence electrons. The molecule has 3 N–H and O–H groups in total. The Morgan fingerprint density at radius 2 is 1.70 bits per heavy atom. The molecule has 0 bridgehead atoms. The lowest BCUT2D eigenvalue weighted by molar-refractivity contribution is 0.100. The van der Waals surface area contributed by atoms with E-state index < -0.39 is 17.6 Å².